The molecule has 3 rings (SSSR count). The number of amides is 1. The number of ether oxygens (including phenoxy) is 2. The molecule has 0 heterocycles. The number of carbonyl (C=O) groups is 2. The summed E-state index contributed by atoms with van der Waals surface area (Å²) in [5, 5.41) is 2.75. The fraction of sp³-hybridized carbons (Fsp3) is 0.0476. The molecule has 0 spiro atoms. The largest absolute Gasteiger partial charge is 0.482 e. The Hall–Kier alpha value is -3.67. The summed E-state index contributed by atoms with van der Waals surface area (Å²) in [7, 11) is 0. The molecule has 1 amide bonds. The molecule has 0 fully saturated rings. The van der Waals surface area contributed by atoms with E-state index in [1.165, 1.54) is 18.2 Å². The third kappa shape index (κ3) is 5.40. The van der Waals surface area contributed by atoms with Crippen molar-refractivity contribution >= 4 is 17.6 Å². The number of benzene rings is 3. The highest BCUT2D eigenvalue weighted by Gasteiger charge is 2.08. The van der Waals surface area contributed by atoms with E-state index in [1.807, 2.05) is 6.07 Å². The van der Waals surface area contributed by atoms with Gasteiger partial charge in [0, 0.05) is 17.3 Å². The van der Waals surface area contributed by atoms with Gasteiger partial charge in [0.2, 0.25) is 0 Å². The third-order valence-electron chi connectivity index (χ3n) is 3.53. The Morgan fingerprint density at radius 3 is 2.30 bits per heavy atom. The van der Waals surface area contributed by atoms with E-state index in [2.05, 4.69) is 5.32 Å². The molecule has 5 nitrogen and oxygen atoms in total. The van der Waals surface area contributed by atoms with E-state index < -0.39 is 11.8 Å². The van der Waals surface area contributed by atoms with Crippen LogP contribution >= 0.6 is 0 Å². The highest BCUT2D eigenvalue weighted by Crippen LogP contribution is 2.17. The predicted octanol–water partition coefficient (Wildman–Crippen LogP) is 4.06. The van der Waals surface area contributed by atoms with Crippen LogP contribution in [0.25, 0.3) is 0 Å². The van der Waals surface area contributed by atoms with Crippen LogP contribution in [0.2, 0.25) is 0 Å². The number of anilines is 1. The van der Waals surface area contributed by atoms with Crippen LogP contribution in [0.15, 0.2) is 78.9 Å². The van der Waals surface area contributed by atoms with Crippen LogP contribution in [-0.4, -0.2) is 18.5 Å². The van der Waals surface area contributed by atoms with E-state index in [0.717, 1.165) is 0 Å². The maximum Gasteiger partial charge on any atom is 0.349 e. The van der Waals surface area contributed by atoms with Gasteiger partial charge in [-0.15, -0.1) is 0 Å². The molecule has 0 aliphatic heterocycles. The van der Waals surface area contributed by atoms with E-state index in [-0.39, 0.29) is 18.3 Å². The molecule has 0 atom stereocenters. The normalized spacial score (nSPS) is 10.1. The molecule has 0 aromatic heterocycles. The van der Waals surface area contributed by atoms with Gasteiger partial charge >= 0.3 is 5.97 Å². The average molecular weight is 365 g/mol. The first-order valence-electron chi connectivity index (χ1n) is 8.16. The average Bonchev–Trinajstić information content (AvgIpc) is 2.69. The number of hydrogen-bond donors (Lipinski definition) is 1. The van der Waals surface area contributed by atoms with Crippen LogP contribution in [-0.2, 0) is 4.79 Å². The molecule has 1 N–H and O–H groups in total. The molecule has 3 aromatic carbocycles. The summed E-state index contributed by atoms with van der Waals surface area (Å²) < 4.78 is 23.4. The van der Waals surface area contributed by atoms with Crippen molar-refractivity contribution in [2.45, 2.75) is 0 Å². The number of halogens is 1. The molecule has 0 radical (unpaired) electrons. The second kappa shape index (κ2) is 8.62. The molecule has 27 heavy (non-hydrogen) atoms. The molecule has 0 aliphatic rings. The van der Waals surface area contributed by atoms with Gasteiger partial charge in [-0.2, -0.15) is 0 Å². The molecular weight excluding hydrogens is 349 g/mol. The Morgan fingerprint density at radius 2 is 1.59 bits per heavy atom. The Labute approximate surface area is 155 Å². The zero-order valence-electron chi connectivity index (χ0n) is 14.2. The number of nitrogens with one attached hydrogen (secondary N) is 1. The van der Waals surface area contributed by atoms with Gasteiger partial charge < -0.3 is 14.8 Å². The molecule has 136 valence electrons. The van der Waals surface area contributed by atoms with Crippen molar-refractivity contribution in [2.75, 3.05) is 11.9 Å². The Bertz CT molecular complexity index is 926. The Kier molecular flexibility index (Phi) is 5.79. The van der Waals surface area contributed by atoms with E-state index in [9.17, 15) is 14.0 Å². The third-order valence-corrected chi connectivity index (χ3v) is 3.53. The number of hydrogen-bond acceptors (Lipinski definition) is 4. The number of rotatable bonds is 6. The molecule has 0 saturated heterocycles. The van der Waals surface area contributed by atoms with Crippen molar-refractivity contribution in [3.63, 3.8) is 0 Å². The van der Waals surface area contributed by atoms with Gasteiger partial charge in [0.05, 0.1) is 0 Å². The van der Waals surface area contributed by atoms with E-state index in [0.29, 0.717) is 17.0 Å². The summed E-state index contributed by atoms with van der Waals surface area (Å²) in [6.45, 7) is -0.351. The minimum atomic E-state index is -0.625. The standard InChI is InChI=1S/C21H16FNO4/c22-16-7-4-8-19(13-16)26-14-20(24)27-18-11-9-17(10-12-18)23-21(25)15-5-2-1-3-6-15/h1-13H,14H2,(H,23,25). The highest BCUT2D eigenvalue weighted by atomic mass is 19.1. The summed E-state index contributed by atoms with van der Waals surface area (Å²) in [5.41, 5.74) is 1.11. The lowest BCUT2D eigenvalue weighted by Gasteiger charge is -2.08. The van der Waals surface area contributed by atoms with Crippen LogP contribution in [0.5, 0.6) is 11.5 Å². The van der Waals surface area contributed by atoms with E-state index >= 15 is 0 Å². The first-order valence-corrected chi connectivity index (χ1v) is 8.16. The highest BCUT2D eigenvalue weighted by molar-refractivity contribution is 6.04. The zero-order chi connectivity index (χ0) is 19.1. The maximum atomic E-state index is 13.0. The first kappa shape index (κ1) is 18.1. The summed E-state index contributed by atoms with van der Waals surface area (Å²) in [5.74, 6) is -0.760. The number of esters is 1. The minimum absolute atomic E-state index is 0.233. The second-order valence-corrected chi connectivity index (χ2v) is 5.56. The van der Waals surface area contributed by atoms with E-state index in [1.54, 1.807) is 54.6 Å². The van der Waals surface area contributed by atoms with Crippen molar-refractivity contribution in [1.29, 1.82) is 0 Å². The van der Waals surface area contributed by atoms with Crippen molar-refractivity contribution in [3.05, 3.63) is 90.2 Å². The lowest BCUT2D eigenvalue weighted by Crippen LogP contribution is -2.17. The first-order chi connectivity index (χ1) is 13.1. The lowest BCUT2D eigenvalue weighted by molar-refractivity contribution is -0.136. The van der Waals surface area contributed by atoms with Gasteiger partial charge in [-0.05, 0) is 48.5 Å². The summed E-state index contributed by atoms with van der Waals surface area (Å²) >= 11 is 0. The second-order valence-electron chi connectivity index (χ2n) is 5.56. The summed E-state index contributed by atoms with van der Waals surface area (Å²) in [6.07, 6.45) is 0. The fourth-order valence-corrected chi connectivity index (χ4v) is 2.26. The molecule has 0 aliphatic carbocycles. The Morgan fingerprint density at radius 1 is 0.852 bits per heavy atom. The lowest BCUT2D eigenvalue weighted by atomic mass is 10.2. The van der Waals surface area contributed by atoms with Gasteiger partial charge in [0.25, 0.3) is 5.91 Å². The predicted molar refractivity (Wildman–Crippen MR) is 98.4 cm³/mol. The summed E-state index contributed by atoms with van der Waals surface area (Å²) in [6, 6.07) is 20.7. The molecule has 0 unspecified atom stereocenters. The van der Waals surface area contributed by atoms with Gasteiger partial charge in [-0.3, -0.25) is 4.79 Å². The van der Waals surface area contributed by atoms with Crippen molar-refractivity contribution in [3.8, 4) is 11.5 Å². The molecular formula is C21H16FNO4. The van der Waals surface area contributed by atoms with Gasteiger partial charge in [0.1, 0.15) is 17.3 Å². The quantitative estimate of drug-likeness (QED) is 0.528. The van der Waals surface area contributed by atoms with E-state index in [4.69, 9.17) is 9.47 Å². The Balaban J connectivity index is 1.51. The van der Waals surface area contributed by atoms with Gasteiger partial charge in [-0.1, -0.05) is 24.3 Å². The van der Waals surface area contributed by atoms with Crippen LogP contribution < -0.4 is 14.8 Å². The molecule has 6 heteroatoms. The van der Waals surface area contributed by atoms with Gasteiger partial charge in [-0.25, -0.2) is 9.18 Å². The smallest absolute Gasteiger partial charge is 0.349 e. The van der Waals surface area contributed by atoms with Crippen molar-refractivity contribution < 1.29 is 23.5 Å². The molecule has 0 bridgehead atoms. The van der Waals surface area contributed by atoms with Gasteiger partial charge in [0.15, 0.2) is 6.61 Å². The van der Waals surface area contributed by atoms with Crippen LogP contribution in [0.3, 0.4) is 0 Å². The SMILES string of the molecule is O=C(COc1cccc(F)c1)Oc1ccc(NC(=O)c2ccccc2)cc1. The van der Waals surface area contributed by atoms with Crippen molar-refractivity contribution in [2.24, 2.45) is 0 Å². The van der Waals surface area contributed by atoms with Crippen LogP contribution in [0.1, 0.15) is 10.4 Å². The molecule has 0 saturated carbocycles. The van der Waals surface area contributed by atoms with Crippen LogP contribution in [0.4, 0.5) is 10.1 Å². The maximum absolute atomic E-state index is 13.0. The fourth-order valence-electron chi connectivity index (χ4n) is 2.26. The number of carbonyl (C=O) groups excluding carboxylic acids is 2. The zero-order valence-corrected chi connectivity index (χ0v) is 14.2. The summed E-state index contributed by atoms with van der Waals surface area (Å²) in [4.78, 5) is 23.9. The molecule has 3 aromatic rings. The monoisotopic (exact) mass is 365 g/mol. The minimum Gasteiger partial charge on any atom is -0.482 e. The topological polar surface area (TPSA) is 64.6 Å². The van der Waals surface area contributed by atoms with Crippen LogP contribution in [0, 0.1) is 5.82 Å². The van der Waals surface area contributed by atoms with Crippen molar-refractivity contribution in [1.82, 2.24) is 0 Å².